The molecule has 0 bridgehead atoms. The highest BCUT2D eigenvalue weighted by Gasteiger charge is 2.24. The second kappa shape index (κ2) is 5.61. The van der Waals surface area contributed by atoms with Gasteiger partial charge in [-0.1, -0.05) is 24.3 Å². The van der Waals surface area contributed by atoms with Crippen molar-refractivity contribution in [1.29, 1.82) is 0 Å². The Morgan fingerprint density at radius 2 is 1.86 bits per heavy atom. The molecule has 0 N–H and O–H groups in total. The van der Waals surface area contributed by atoms with Gasteiger partial charge in [-0.05, 0) is 11.6 Å². The Morgan fingerprint density at radius 1 is 1.14 bits per heavy atom. The number of fused-ring (bicyclic) bond motifs is 1. The Balaban J connectivity index is 1.50. The minimum atomic E-state index is -2.85. The molecule has 3 rings (SSSR count). The van der Waals surface area contributed by atoms with Crippen LogP contribution in [0.4, 0.5) is 0 Å². The van der Waals surface area contributed by atoms with Gasteiger partial charge >= 0.3 is 0 Å². The third kappa shape index (κ3) is 3.16. The number of nitrogens with zero attached hydrogens (tertiary/aromatic N) is 1. The van der Waals surface area contributed by atoms with Gasteiger partial charge in [-0.2, -0.15) is 0 Å². The minimum Gasteiger partial charge on any atom is -0.488 e. The van der Waals surface area contributed by atoms with Crippen LogP contribution < -0.4 is 0 Å². The molecular weight excluding hydrogens is 290 g/mol. The highest BCUT2D eigenvalue weighted by molar-refractivity contribution is 7.91. The normalized spacial score (nSPS) is 21.0. The van der Waals surface area contributed by atoms with Crippen LogP contribution in [0, 0.1) is 0 Å². The lowest BCUT2D eigenvalue weighted by Gasteiger charge is -2.26. The van der Waals surface area contributed by atoms with Crippen molar-refractivity contribution in [2.45, 2.75) is 0 Å². The van der Waals surface area contributed by atoms with Gasteiger partial charge in [0.15, 0.2) is 15.6 Å². The maximum atomic E-state index is 12.1. The predicted molar refractivity (Wildman–Crippen MR) is 79.8 cm³/mol. The molecule has 0 saturated carbocycles. The van der Waals surface area contributed by atoms with Gasteiger partial charge in [0, 0.05) is 25.2 Å². The number of Topliss-reactive ketones (excluding diaryl/α,β-unsaturated/α-hetero) is 1. The van der Waals surface area contributed by atoms with E-state index in [2.05, 4.69) is 0 Å². The molecule has 1 fully saturated rings. The van der Waals surface area contributed by atoms with Crippen molar-refractivity contribution in [3.05, 3.63) is 41.2 Å². The molecule has 1 aromatic carbocycles. The molecule has 2 aliphatic rings. The summed E-state index contributed by atoms with van der Waals surface area (Å²) in [6, 6.07) is 7.40. The first-order valence-electron chi connectivity index (χ1n) is 6.96. The van der Waals surface area contributed by atoms with Crippen molar-refractivity contribution in [2.75, 3.05) is 37.7 Å². The van der Waals surface area contributed by atoms with E-state index in [-0.39, 0.29) is 17.3 Å². The summed E-state index contributed by atoms with van der Waals surface area (Å²) in [5.41, 5.74) is 1.57. The van der Waals surface area contributed by atoms with E-state index in [0.29, 0.717) is 37.6 Å². The Morgan fingerprint density at radius 3 is 2.57 bits per heavy atom. The quantitative estimate of drug-likeness (QED) is 0.829. The molecule has 21 heavy (non-hydrogen) atoms. The first-order chi connectivity index (χ1) is 10.1. The third-order valence-electron chi connectivity index (χ3n) is 3.82. The minimum absolute atomic E-state index is 0.0770. The van der Waals surface area contributed by atoms with Gasteiger partial charge in [-0.3, -0.25) is 9.69 Å². The monoisotopic (exact) mass is 307 g/mol. The average Bonchev–Trinajstić information content (AvgIpc) is 2.78. The SMILES string of the molecule is O=C1C(OCCN2CCS(=O)(=O)CC2)=Cc2ccccc21. The Kier molecular flexibility index (Phi) is 3.82. The number of carbonyl (C=O) groups excluding carboxylic acids is 1. The molecule has 0 aromatic heterocycles. The summed E-state index contributed by atoms with van der Waals surface area (Å²) in [5.74, 6) is 0.716. The Bertz CT molecular complexity index is 679. The number of benzene rings is 1. The Labute approximate surface area is 124 Å². The molecule has 1 saturated heterocycles. The van der Waals surface area contributed by atoms with Crippen molar-refractivity contribution in [3.8, 4) is 0 Å². The van der Waals surface area contributed by atoms with Crippen LogP contribution in [0.5, 0.6) is 0 Å². The van der Waals surface area contributed by atoms with E-state index in [4.69, 9.17) is 4.74 Å². The van der Waals surface area contributed by atoms with E-state index in [1.807, 2.05) is 23.1 Å². The molecular formula is C15H17NO4S. The average molecular weight is 307 g/mol. The second-order valence-corrected chi connectivity index (χ2v) is 7.57. The summed E-state index contributed by atoms with van der Waals surface area (Å²) in [5, 5.41) is 0. The lowest BCUT2D eigenvalue weighted by molar-refractivity contribution is 0.0905. The standard InChI is InChI=1S/C15H17NO4S/c17-15-13-4-2-1-3-12(13)11-14(15)20-8-5-16-6-9-21(18,19)10-7-16/h1-4,11H,5-10H2. The van der Waals surface area contributed by atoms with Crippen molar-refractivity contribution < 1.29 is 17.9 Å². The predicted octanol–water partition coefficient (Wildman–Crippen LogP) is 0.971. The fourth-order valence-electron chi connectivity index (χ4n) is 2.53. The molecule has 112 valence electrons. The maximum Gasteiger partial charge on any atom is 0.228 e. The van der Waals surface area contributed by atoms with E-state index < -0.39 is 9.84 Å². The molecule has 0 amide bonds. The van der Waals surface area contributed by atoms with Crippen molar-refractivity contribution in [3.63, 3.8) is 0 Å². The summed E-state index contributed by atoms with van der Waals surface area (Å²) in [6.45, 7) is 2.11. The summed E-state index contributed by atoms with van der Waals surface area (Å²) in [6.07, 6.45) is 1.76. The zero-order chi connectivity index (χ0) is 14.9. The highest BCUT2D eigenvalue weighted by Crippen LogP contribution is 2.25. The second-order valence-electron chi connectivity index (χ2n) is 5.27. The number of hydrogen-bond donors (Lipinski definition) is 0. The molecule has 0 radical (unpaired) electrons. The maximum absolute atomic E-state index is 12.1. The molecule has 0 spiro atoms. The molecule has 1 aliphatic carbocycles. The molecule has 1 aromatic rings. The van der Waals surface area contributed by atoms with Crippen LogP contribution in [-0.2, 0) is 14.6 Å². The molecule has 1 heterocycles. The van der Waals surface area contributed by atoms with Gasteiger partial charge in [0.2, 0.25) is 5.78 Å². The third-order valence-corrected chi connectivity index (χ3v) is 5.43. The first kappa shape index (κ1) is 14.3. The van der Waals surface area contributed by atoms with Gasteiger partial charge in [0.25, 0.3) is 0 Å². The van der Waals surface area contributed by atoms with E-state index in [1.165, 1.54) is 0 Å². The molecule has 0 atom stereocenters. The van der Waals surface area contributed by atoms with E-state index in [1.54, 1.807) is 12.1 Å². The molecule has 6 heteroatoms. The number of sulfone groups is 1. The fraction of sp³-hybridized carbons (Fsp3) is 0.400. The van der Waals surface area contributed by atoms with Gasteiger partial charge in [-0.25, -0.2) is 8.42 Å². The topological polar surface area (TPSA) is 63.7 Å². The number of hydrogen-bond acceptors (Lipinski definition) is 5. The smallest absolute Gasteiger partial charge is 0.228 e. The van der Waals surface area contributed by atoms with Crippen LogP contribution in [0.25, 0.3) is 6.08 Å². The number of rotatable bonds is 4. The van der Waals surface area contributed by atoms with Crippen molar-refractivity contribution in [1.82, 2.24) is 4.90 Å². The van der Waals surface area contributed by atoms with Crippen molar-refractivity contribution >= 4 is 21.7 Å². The highest BCUT2D eigenvalue weighted by atomic mass is 32.2. The number of allylic oxidation sites excluding steroid dienone is 1. The van der Waals surface area contributed by atoms with Crippen LogP contribution in [0.1, 0.15) is 15.9 Å². The summed E-state index contributed by atoms with van der Waals surface area (Å²) >= 11 is 0. The van der Waals surface area contributed by atoms with Crippen LogP contribution in [0.2, 0.25) is 0 Å². The van der Waals surface area contributed by atoms with Crippen LogP contribution in [0.15, 0.2) is 30.0 Å². The first-order valence-corrected chi connectivity index (χ1v) is 8.78. The van der Waals surface area contributed by atoms with Crippen molar-refractivity contribution in [2.24, 2.45) is 0 Å². The van der Waals surface area contributed by atoms with Crippen LogP contribution in [-0.4, -0.2) is 56.8 Å². The number of ketones is 1. The largest absolute Gasteiger partial charge is 0.488 e. The van der Waals surface area contributed by atoms with E-state index in [9.17, 15) is 13.2 Å². The van der Waals surface area contributed by atoms with Gasteiger partial charge < -0.3 is 4.74 Å². The van der Waals surface area contributed by atoms with Crippen LogP contribution >= 0.6 is 0 Å². The van der Waals surface area contributed by atoms with Gasteiger partial charge in [0.1, 0.15) is 6.61 Å². The Hall–Kier alpha value is -1.66. The summed E-state index contributed by atoms with van der Waals surface area (Å²) in [4.78, 5) is 14.1. The zero-order valence-electron chi connectivity index (χ0n) is 11.6. The van der Waals surface area contributed by atoms with Gasteiger partial charge in [-0.15, -0.1) is 0 Å². The zero-order valence-corrected chi connectivity index (χ0v) is 12.4. The van der Waals surface area contributed by atoms with Gasteiger partial charge in [0.05, 0.1) is 11.5 Å². The van der Waals surface area contributed by atoms with E-state index in [0.717, 1.165) is 5.56 Å². The van der Waals surface area contributed by atoms with E-state index >= 15 is 0 Å². The van der Waals surface area contributed by atoms with Crippen LogP contribution in [0.3, 0.4) is 0 Å². The number of ether oxygens (including phenoxy) is 1. The lowest BCUT2D eigenvalue weighted by atomic mass is 10.1. The fourth-order valence-corrected chi connectivity index (χ4v) is 3.81. The molecule has 5 nitrogen and oxygen atoms in total. The summed E-state index contributed by atoms with van der Waals surface area (Å²) < 4.78 is 28.2. The lowest BCUT2D eigenvalue weighted by Crippen LogP contribution is -2.41. The molecule has 0 unspecified atom stereocenters. The summed E-state index contributed by atoms with van der Waals surface area (Å²) in [7, 11) is -2.85. The molecule has 1 aliphatic heterocycles. The number of carbonyl (C=O) groups is 1.